The number of halogens is 3. The second kappa shape index (κ2) is 5.53. The van der Waals surface area contributed by atoms with E-state index in [0.717, 1.165) is 12.1 Å². The van der Waals surface area contributed by atoms with Gasteiger partial charge in [0.2, 0.25) is 5.67 Å². The van der Waals surface area contributed by atoms with Gasteiger partial charge in [0.05, 0.1) is 5.69 Å². The summed E-state index contributed by atoms with van der Waals surface area (Å²) in [6.45, 7) is 1.83. The van der Waals surface area contributed by atoms with E-state index in [1.165, 1.54) is 0 Å². The van der Waals surface area contributed by atoms with Crippen molar-refractivity contribution in [3.05, 3.63) is 28.2 Å². The van der Waals surface area contributed by atoms with Crippen LogP contribution in [0.3, 0.4) is 0 Å². The van der Waals surface area contributed by atoms with E-state index in [1.807, 2.05) is 6.92 Å². The molecule has 1 aromatic rings. The summed E-state index contributed by atoms with van der Waals surface area (Å²) in [6, 6.07) is 2.06. The minimum atomic E-state index is -2.56. The molecule has 0 fully saturated rings. The number of aliphatic carboxylic acids is 1. The fourth-order valence-corrected chi connectivity index (χ4v) is 1.73. The lowest BCUT2D eigenvalue weighted by Gasteiger charge is -2.20. The largest absolute Gasteiger partial charge is 0.479 e. The maximum atomic E-state index is 14.3. The Morgan fingerprint density at radius 1 is 1.59 bits per heavy atom. The Labute approximate surface area is 106 Å². The molecule has 1 aromatic heterocycles. The highest BCUT2D eigenvalue weighted by molar-refractivity contribution is 9.10. The predicted octanol–water partition coefficient (Wildman–Crippen LogP) is 3.42. The summed E-state index contributed by atoms with van der Waals surface area (Å²) < 4.78 is 27.1. The lowest BCUT2D eigenvalue weighted by molar-refractivity contribution is -0.152. The van der Waals surface area contributed by atoms with Crippen molar-refractivity contribution in [1.82, 2.24) is 4.98 Å². The summed E-state index contributed by atoms with van der Waals surface area (Å²) in [7, 11) is 0. The van der Waals surface area contributed by atoms with Gasteiger partial charge in [-0.1, -0.05) is 13.3 Å². The molecule has 6 heteroatoms. The Morgan fingerprint density at radius 2 is 2.24 bits per heavy atom. The van der Waals surface area contributed by atoms with Gasteiger partial charge in [-0.15, -0.1) is 0 Å². The zero-order valence-electron chi connectivity index (χ0n) is 9.21. The average molecular weight is 308 g/mol. The molecule has 1 rings (SSSR count). The smallest absolute Gasteiger partial charge is 0.347 e. The normalized spacial score (nSPS) is 14.4. The number of unbranched alkanes of at least 4 members (excludes halogenated alkanes) is 1. The van der Waals surface area contributed by atoms with Crippen molar-refractivity contribution in [3.63, 3.8) is 0 Å². The Hall–Kier alpha value is -1.04. The van der Waals surface area contributed by atoms with Gasteiger partial charge in [0.15, 0.2) is 5.82 Å². The monoisotopic (exact) mass is 307 g/mol. The Bertz CT molecular complexity index is 428. The number of carbonyl (C=O) groups is 1. The topological polar surface area (TPSA) is 50.2 Å². The van der Waals surface area contributed by atoms with E-state index in [4.69, 9.17) is 5.11 Å². The molecule has 1 heterocycles. The van der Waals surface area contributed by atoms with Crippen molar-refractivity contribution in [3.8, 4) is 0 Å². The molecule has 1 N–H and O–H groups in total. The fourth-order valence-electron chi connectivity index (χ4n) is 1.40. The third-order valence-corrected chi connectivity index (χ3v) is 2.98. The molecule has 0 saturated carbocycles. The van der Waals surface area contributed by atoms with Crippen molar-refractivity contribution in [2.75, 3.05) is 0 Å². The molecule has 17 heavy (non-hydrogen) atoms. The highest BCUT2D eigenvalue weighted by Gasteiger charge is 2.41. The second-order valence-electron chi connectivity index (χ2n) is 3.68. The van der Waals surface area contributed by atoms with Crippen molar-refractivity contribution in [2.45, 2.75) is 31.9 Å². The maximum Gasteiger partial charge on any atom is 0.347 e. The second-order valence-corrected chi connectivity index (χ2v) is 4.43. The fraction of sp³-hybridized carbons (Fsp3) is 0.455. The van der Waals surface area contributed by atoms with Crippen LogP contribution in [-0.4, -0.2) is 16.1 Å². The molecule has 3 nitrogen and oxygen atoms in total. The molecule has 0 aliphatic carbocycles. The molecular formula is C11H12BrF2NO2. The number of pyridine rings is 1. The maximum absolute atomic E-state index is 14.3. The van der Waals surface area contributed by atoms with Crippen LogP contribution in [0.2, 0.25) is 0 Å². The molecule has 0 aliphatic rings. The van der Waals surface area contributed by atoms with Crippen molar-refractivity contribution < 1.29 is 18.7 Å². The van der Waals surface area contributed by atoms with Crippen LogP contribution < -0.4 is 0 Å². The predicted molar refractivity (Wildman–Crippen MR) is 61.8 cm³/mol. The number of rotatable bonds is 5. The van der Waals surface area contributed by atoms with Gasteiger partial charge in [-0.05, 0) is 40.9 Å². The number of aromatic nitrogens is 1. The summed E-state index contributed by atoms with van der Waals surface area (Å²) in [6.07, 6.45) is 0.907. The van der Waals surface area contributed by atoms with Crippen LogP contribution in [0, 0.1) is 5.82 Å². The van der Waals surface area contributed by atoms with Crippen molar-refractivity contribution in [2.24, 2.45) is 0 Å². The molecule has 0 bridgehead atoms. The Morgan fingerprint density at radius 3 is 2.71 bits per heavy atom. The molecule has 1 atom stereocenters. The van der Waals surface area contributed by atoms with E-state index in [2.05, 4.69) is 20.9 Å². The molecule has 0 aliphatic heterocycles. The number of hydrogen-bond donors (Lipinski definition) is 1. The van der Waals surface area contributed by atoms with Gasteiger partial charge in [-0.25, -0.2) is 18.6 Å². The van der Waals surface area contributed by atoms with Gasteiger partial charge in [-0.2, -0.15) is 0 Å². The van der Waals surface area contributed by atoms with Crippen LogP contribution >= 0.6 is 15.9 Å². The number of carboxylic acids is 1. The number of carboxylic acid groups (broad SMARTS) is 1. The molecule has 0 radical (unpaired) electrons. The third-order valence-electron chi connectivity index (χ3n) is 2.42. The first-order valence-corrected chi connectivity index (χ1v) is 5.96. The Kier molecular flexibility index (Phi) is 4.56. The van der Waals surface area contributed by atoms with E-state index >= 15 is 0 Å². The van der Waals surface area contributed by atoms with Crippen molar-refractivity contribution >= 4 is 21.9 Å². The van der Waals surface area contributed by atoms with Gasteiger partial charge in [0.25, 0.3) is 0 Å². The summed E-state index contributed by atoms with van der Waals surface area (Å²) in [5.74, 6) is -2.26. The van der Waals surface area contributed by atoms with Crippen LogP contribution in [0.4, 0.5) is 8.78 Å². The minimum absolute atomic E-state index is 0.177. The van der Waals surface area contributed by atoms with Gasteiger partial charge in [0.1, 0.15) is 4.60 Å². The lowest BCUT2D eigenvalue weighted by atomic mass is 9.94. The van der Waals surface area contributed by atoms with E-state index in [0.29, 0.717) is 12.8 Å². The molecule has 0 aromatic carbocycles. The highest BCUT2D eigenvalue weighted by atomic mass is 79.9. The van der Waals surface area contributed by atoms with Gasteiger partial charge < -0.3 is 5.11 Å². The molecule has 1 unspecified atom stereocenters. The van der Waals surface area contributed by atoms with Gasteiger partial charge in [-0.3, -0.25) is 0 Å². The summed E-state index contributed by atoms with van der Waals surface area (Å²) in [4.78, 5) is 14.6. The number of alkyl halides is 1. The highest BCUT2D eigenvalue weighted by Crippen LogP contribution is 2.32. The van der Waals surface area contributed by atoms with Crippen LogP contribution in [-0.2, 0) is 10.5 Å². The molecule has 94 valence electrons. The zero-order chi connectivity index (χ0) is 13.1. The van der Waals surface area contributed by atoms with E-state index in [-0.39, 0.29) is 16.7 Å². The number of nitrogens with zero attached hydrogens (tertiary/aromatic N) is 1. The average Bonchev–Trinajstić information content (AvgIpc) is 2.29. The molecule has 0 saturated heterocycles. The zero-order valence-corrected chi connectivity index (χ0v) is 10.8. The van der Waals surface area contributed by atoms with Crippen LogP contribution in [0.1, 0.15) is 31.9 Å². The summed E-state index contributed by atoms with van der Waals surface area (Å²) >= 11 is 2.81. The van der Waals surface area contributed by atoms with E-state index in [9.17, 15) is 13.6 Å². The van der Waals surface area contributed by atoms with E-state index in [1.54, 1.807) is 0 Å². The van der Waals surface area contributed by atoms with Gasteiger partial charge >= 0.3 is 5.97 Å². The molecule has 0 spiro atoms. The molecular weight excluding hydrogens is 296 g/mol. The van der Waals surface area contributed by atoms with Crippen LogP contribution in [0.15, 0.2) is 16.7 Å². The van der Waals surface area contributed by atoms with Crippen LogP contribution in [0.5, 0.6) is 0 Å². The van der Waals surface area contributed by atoms with Crippen molar-refractivity contribution in [1.29, 1.82) is 0 Å². The standard InChI is InChI=1S/C11H12BrF2NO2/c1-2-3-6-11(14,10(16)17)8-5-4-7(13)9(12)15-8/h4-5H,2-3,6H2,1H3,(H,16,17). The Balaban J connectivity index is 3.13. The quantitative estimate of drug-likeness (QED) is 0.848. The lowest BCUT2D eigenvalue weighted by Crippen LogP contribution is -2.32. The summed E-state index contributed by atoms with van der Waals surface area (Å²) in [5, 5.41) is 8.95. The van der Waals surface area contributed by atoms with Gasteiger partial charge in [0, 0.05) is 0 Å². The first kappa shape index (κ1) is 14.0. The first-order valence-electron chi connectivity index (χ1n) is 5.16. The van der Waals surface area contributed by atoms with E-state index < -0.39 is 17.5 Å². The number of hydrogen-bond acceptors (Lipinski definition) is 2. The minimum Gasteiger partial charge on any atom is -0.479 e. The first-order chi connectivity index (χ1) is 7.91. The van der Waals surface area contributed by atoms with Crippen LogP contribution in [0.25, 0.3) is 0 Å². The SMILES string of the molecule is CCCCC(F)(C(=O)O)c1ccc(F)c(Br)n1. The molecule has 0 amide bonds. The summed E-state index contributed by atoms with van der Waals surface area (Å²) in [5.41, 5.74) is -2.85. The third kappa shape index (κ3) is 3.00.